The fraction of sp³-hybridized carbons (Fsp3) is 0.714. The van der Waals surface area contributed by atoms with Gasteiger partial charge < -0.3 is 9.64 Å². The molecule has 1 saturated heterocycles. The first-order valence-corrected chi connectivity index (χ1v) is 7.14. The zero-order chi connectivity index (χ0) is 14.0. The number of halogens is 1. The van der Waals surface area contributed by atoms with E-state index in [1.807, 2.05) is 6.92 Å². The van der Waals surface area contributed by atoms with Crippen LogP contribution in [0.2, 0.25) is 5.15 Å². The summed E-state index contributed by atoms with van der Waals surface area (Å²) in [5.74, 6) is 1.75. The van der Waals surface area contributed by atoms with Crippen LogP contribution in [-0.4, -0.2) is 36.3 Å². The van der Waals surface area contributed by atoms with E-state index in [2.05, 4.69) is 30.7 Å². The van der Waals surface area contributed by atoms with E-state index >= 15 is 0 Å². The van der Waals surface area contributed by atoms with Crippen LogP contribution in [0.25, 0.3) is 0 Å². The van der Waals surface area contributed by atoms with Gasteiger partial charge in [0.15, 0.2) is 0 Å². The van der Waals surface area contributed by atoms with Crippen LogP contribution in [0.1, 0.15) is 38.6 Å². The first-order valence-electron chi connectivity index (χ1n) is 6.77. The summed E-state index contributed by atoms with van der Waals surface area (Å²) in [6.07, 6.45) is 1.02. The van der Waals surface area contributed by atoms with Gasteiger partial charge in [-0.15, -0.1) is 0 Å². The minimum Gasteiger partial charge on any atom is -0.380 e. The molecule has 4 nitrogen and oxygen atoms in total. The lowest BCUT2D eigenvalue weighted by Crippen LogP contribution is -2.29. The molecule has 0 saturated carbocycles. The number of anilines is 1. The predicted molar refractivity (Wildman–Crippen MR) is 78.1 cm³/mol. The van der Waals surface area contributed by atoms with Crippen molar-refractivity contribution in [2.75, 3.05) is 31.2 Å². The van der Waals surface area contributed by atoms with Crippen molar-refractivity contribution in [1.82, 2.24) is 9.97 Å². The Hall–Kier alpha value is -0.870. The lowest BCUT2D eigenvalue weighted by molar-refractivity contribution is 0.152. The molecule has 0 aliphatic carbocycles. The predicted octanol–water partition coefficient (Wildman–Crippen LogP) is 2.96. The number of hydrogen-bond acceptors (Lipinski definition) is 4. The summed E-state index contributed by atoms with van der Waals surface area (Å²) in [5, 5.41) is 0.556. The third-order valence-corrected chi connectivity index (χ3v) is 3.62. The third-order valence-electron chi connectivity index (χ3n) is 3.25. The number of ether oxygens (including phenoxy) is 1. The minimum absolute atomic E-state index is 0.103. The van der Waals surface area contributed by atoms with Crippen molar-refractivity contribution in [2.45, 2.75) is 39.5 Å². The topological polar surface area (TPSA) is 38.2 Å². The Morgan fingerprint density at radius 1 is 1.16 bits per heavy atom. The fourth-order valence-corrected chi connectivity index (χ4v) is 2.24. The average molecular weight is 284 g/mol. The molecule has 1 fully saturated rings. The largest absolute Gasteiger partial charge is 0.380 e. The van der Waals surface area contributed by atoms with E-state index in [1.54, 1.807) is 0 Å². The fourth-order valence-electron chi connectivity index (χ4n) is 2.08. The summed E-state index contributed by atoms with van der Waals surface area (Å²) in [6.45, 7) is 11.7. The van der Waals surface area contributed by atoms with Crippen LogP contribution in [0.5, 0.6) is 0 Å². The molecule has 1 aliphatic heterocycles. The molecule has 19 heavy (non-hydrogen) atoms. The number of hydrogen-bond donors (Lipinski definition) is 0. The first-order chi connectivity index (χ1) is 8.89. The third kappa shape index (κ3) is 3.37. The van der Waals surface area contributed by atoms with Gasteiger partial charge in [0.05, 0.1) is 6.61 Å². The Bertz CT molecular complexity index is 449. The molecule has 1 aliphatic rings. The highest BCUT2D eigenvalue weighted by Crippen LogP contribution is 2.28. The van der Waals surface area contributed by atoms with Crippen LogP contribution in [-0.2, 0) is 10.2 Å². The Morgan fingerprint density at radius 3 is 2.58 bits per heavy atom. The molecular formula is C14H22ClN3O. The van der Waals surface area contributed by atoms with Crippen molar-refractivity contribution in [3.05, 3.63) is 16.5 Å². The quantitative estimate of drug-likeness (QED) is 0.743. The van der Waals surface area contributed by atoms with Gasteiger partial charge in [0.1, 0.15) is 16.8 Å². The smallest absolute Gasteiger partial charge is 0.137 e. The molecule has 0 unspecified atom stereocenters. The molecule has 0 N–H and O–H groups in total. The van der Waals surface area contributed by atoms with E-state index in [0.717, 1.165) is 49.9 Å². The zero-order valence-electron chi connectivity index (χ0n) is 12.2. The van der Waals surface area contributed by atoms with E-state index < -0.39 is 0 Å². The van der Waals surface area contributed by atoms with Crippen molar-refractivity contribution in [2.24, 2.45) is 0 Å². The van der Waals surface area contributed by atoms with Crippen LogP contribution in [0.3, 0.4) is 0 Å². The summed E-state index contributed by atoms with van der Waals surface area (Å²) in [6, 6.07) is 0. The van der Waals surface area contributed by atoms with Gasteiger partial charge in [-0.1, -0.05) is 32.4 Å². The zero-order valence-corrected chi connectivity index (χ0v) is 12.9. The van der Waals surface area contributed by atoms with Crippen LogP contribution < -0.4 is 4.90 Å². The van der Waals surface area contributed by atoms with Gasteiger partial charge in [0.2, 0.25) is 0 Å². The van der Waals surface area contributed by atoms with Gasteiger partial charge >= 0.3 is 0 Å². The monoisotopic (exact) mass is 283 g/mol. The average Bonchev–Trinajstić information content (AvgIpc) is 2.59. The van der Waals surface area contributed by atoms with Crippen LogP contribution >= 0.6 is 11.6 Å². The molecule has 106 valence electrons. The second-order valence-electron chi connectivity index (χ2n) is 5.99. The summed E-state index contributed by atoms with van der Waals surface area (Å²) in [4.78, 5) is 11.4. The van der Waals surface area contributed by atoms with Crippen molar-refractivity contribution < 1.29 is 4.74 Å². The Kier molecular flexibility index (Phi) is 4.31. The second-order valence-corrected chi connectivity index (χ2v) is 6.35. The Morgan fingerprint density at radius 2 is 1.89 bits per heavy atom. The number of nitrogens with zero attached hydrogens (tertiary/aromatic N) is 3. The summed E-state index contributed by atoms with van der Waals surface area (Å²) >= 11 is 6.28. The number of rotatable bonds is 1. The minimum atomic E-state index is -0.103. The maximum atomic E-state index is 6.28. The molecule has 2 rings (SSSR count). The lowest BCUT2D eigenvalue weighted by atomic mass is 9.95. The van der Waals surface area contributed by atoms with Crippen molar-refractivity contribution in [3.8, 4) is 0 Å². The van der Waals surface area contributed by atoms with Gasteiger partial charge in [-0.3, -0.25) is 0 Å². The van der Waals surface area contributed by atoms with Crippen molar-refractivity contribution >= 4 is 17.4 Å². The first kappa shape index (κ1) is 14.5. The SMILES string of the molecule is Cc1c(Cl)nc(C(C)(C)C)nc1N1CCCOCC1. The van der Waals surface area contributed by atoms with Crippen LogP contribution in [0, 0.1) is 6.92 Å². The van der Waals surface area contributed by atoms with Gasteiger partial charge in [-0.25, -0.2) is 9.97 Å². The summed E-state index contributed by atoms with van der Waals surface area (Å²) < 4.78 is 5.50. The summed E-state index contributed by atoms with van der Waals surface area (Å²) in [5.41, 5.74) is 0.852. The molecule has 0 aromatic carbocycles. The molecular weight excluding hydrogens is 262 g/mol. The highest BCUT2D eigenvalue weighted by molar-refractivity contribution is 6.30. The maximum Gasteiger partial charge on any atom is 0.137 e. The molecule has 0 amide bonds. The highest BCUT2D eigenvalue weighted by Gasteiger charge is 2.23. The molecule has 0 bridgehead atoms. The molecule has 1 aromatic heterocycles. The van der Waals surface area contributed by atoms with Gasteiger partial charge in [0.25, 0.3) is 0 Å². The second kappa shape index (κ2) is 5.63. The molecule has 1 aromatic rings. The molecule has 0 atom stereocenters. The lowest BCUT2D eigenvalue weighted by Gasteiger charge is -2.26. The Balaban J connectivity index is 2.40. The van der Waals surface area contributed by atoms with E-state index in [1.165, 1.54) is 0 Å². The molecule has 0 radical (unpaired) electrons. The molecule has 0 spiro atoms. The van der Waals surface area contributed by atoms with Gasteiger partial charge in [-0.05, 0) is 13.3 Å². The molecule has 5 heteroatoms. The van der Waals surface area contributed by atoms with Gasteiger partial charge in [0, 0.05) is 30.7 Å². The van der Waals surface area contributed by atoms with Crippen LogP contribution in [0.15, 0.2) is 0 Å². The molecule has 2 heterocycles. The standard InChI is InChI=1S/C14H22ClN3O/c1-10-11(15)16-13(14(2,3)4)17-12(10)18-6-5-8-19-9-7-18/h5-9H2,1-4H3. The summed E-state index contributed by atoms with van der Waals surface area (Å²) in [7, 11) is 0. The van der Waals surface area contributed by atoms with Crippen LogP contribution in [0.4, 0.5) is 5.82 Å². The maximum absolute atomic E-state index is 6.28. The van der Waals surface area contributed by atoms with E-state index in [9.17, 15) is 0 Å². The normalized spacial score (nSPS) is 17.4. The van der Waals surface area contributed by atoms with Gasteiger partial charge in [-0.2, -0.15) is 0 Å². The van der Waals surface area contributed by atoms with E-state index in [-0.39, 0.29) is 5.41 Å². The van der Waals surface area contributed by atoms with E-state index in [0.29, 0.717) is 5.15 Å². The van der Waals surface area contributed by atoms with Crippen molar-refractivity contribution in [1.29, 1.82) is 0 Å². The Labute approximate surface area is 120 Å². The highest BCUT2D eigenvalue weighted by atomic mass is 35.5. The number of aromatic nitrogens is 2. The van der Waals surface area contributed by atoms with E-state index in [4.69, 9.17) is 21.3 Å². The van der Waals surface area contributed by atoms with Crippen molar-refractivity contribution in [3.63, 3.8) is 0 Å².